The molecule has 5 atom stereocenters. The lowest BCUT2D eigenvalue weighted by atomic mass is 9.97. The Hall–Kier alpha value is -5.19. The molecule has 0 radical (unpaired) electrons. The van der Waals surface area contributed by atoms with Crippen LogP contribution in [0.3, 0.4) is 0 Å². The maximum absolute atomic E-state index is 14.0. The van der Waals surface area contributed by atoms with Crippen LogP contribution in [0.2, 0.25) is 5.04 Å². The van der Waals surface area contributed by atoms with Crippen LogP contribution in [0.4, 0.5) is 0 Å². The first kappa shape index (κ1) is 40.0. The van der Waals surface area contributed by atoms with E-state index in [1.807, 2.05) is 91.9 Å². The first-order chi connectivity index (χ1) is 27.7. The minimum atomic E-state index is -3.07. The molecule has 7 rings (SSSR count). The summed E-state index contributed by atoms with van der Waals surface area (Å²) >= 11 is 1.45. The standard InChI is InChI=1S/C47H47N3O5SSi/c1-33-24-28-38(29-25-33)56-46-42(49-50-48)44(52-31-34-26-27-35-16-14-15-19-37(35)30-34)43(55-45(51)36-17-8-5-9-18-36)41(54-46)32-53-57(47(2,3)4,39-20-10-6-11-21-39)40-22-12-7-13-23-40/h5-30,41-44,46H,31-32H2,1-4H3/t41-,42-,43-,44-,46+/m1/s1. The zero-order valence-corrected chi connectivity index (χ0v) is 34.4. The molecule has 0 spiro atoms. The van der Waals surface area contributed by atoms with E-state index in [0.717, 1.165) is 37.2 Å². The summed E-state index contributed by atoms with van der Waals surface area (Å²) in [5.41, 5.74) is 11.8. The highest BCUT2D eigenvalue weighted by atomic mass is 32.2. The number of hydrogen-bond donors (Lipinski definition) is 0. The van der Waals surface area contributed by atoms with E-state index in [2.05, 4.69) is 79.3 Å². The minimum absolute atomic E-state index is 0.0732. The number of rotatable bonds is 13. The minimum Gasteiger partial charge on any atom is -0.453 e. The zero-order chi connectivity index (χ0) is 39.8. The Morgan fingerprint density at radius 3 is 1.98 bits per heavy atom. The molecule has 57 heavy (non-hydrogen) atoms. The highest BCUT2D eigenvalue weighted by molar-refractivity contribution is 7.99. The SMILES string of the molecule is Cc1ccc(S[C@@H]2O[C@H](CO[Si](c3ccccc3)(c3ccccc3)C(C)(C)C)[C@@H](OC(=O)c3ccccc3)[C@H](OCc3ccc4ccccc4c3)[C@H]2N=[N+]=[N-])cc1. The Kier molecular flexibility index (Phi) is 12.6. The van der Waals surface area contributed by atoms with E-state index in [-0.39, 0.29) is 18.3 Å². The van der Waals surface area contributed by atoms with Gasteiger partial charge in [-0.05, 0) is 74.5 Å². The highest BCUT2D eigenvalue weighted by Crippen LogP contribution is 2.41. The average Bonchev–Trinajstić information content (AvgIpc) is 3.23. The fourth-order valence-electron chi connectivity index (χ4n) is 7.65. The van der Waals surface area contributed by atoms with Crippen LogP contribution in [-0.4, -0.2) is 50.7 Å². The van der Waals surface area contributed by atoms with Crippen LogP contribution in [0.25, 0.3) is 21.2 Å². The summed E-state index contributed by atoms with van der Waals surface area (Å²) in [5.74, 6) is -0.539. The van der Waals surface area contributed by atoms with Crippen molar-refractivity contribution in [2.24, 2.45) is 5.11 Å². The molecule has 8 nitrogen and oxygen atoms in total. The highest BCUT2D eigenvalue weighted by Gasteiger charge is 2.54. The molecular weight excluding hydrogens is 747 g/mol. The molecule has 1 aliphatic heterocycles. The molecule has 6 aromatic carbocycles. The number of aryl methyl sites for hydroxylation is 1. The maximum Gasteiger partial charge on any atom is 0.338 e. The van der Waals surface area contributed by atoms with Gasteiger partial charge < -0.3 is 18.6 Å². The molecule has 290 valence electrons. The molecular formula is C47H47N3O5SSi. The number of nitrogens with zero attached hydrogens (tertiary/aromatic N) is 3. The number of fused-ring (bicyclic) bond motifs is 1. The number of hydrogen-bond acceptors (Lipinski definition) is 7. The molecule has 1 aliphatic rings. The molecule has 0 unspecified atom stereocenters. The van der Waals surface area contributed by atoms with E-state index in [1.165, 1.54) is 11.8 Å². The molecule has 6 aromatic rings. The summed E-state index contributed by atoms with van der Waals surface area (Å²) in [6.07, 6.45) is -2.72. The number of esters is 1. The van der Waals surface area contributed by atoms with Gasteiger partial charge in [-0.1, -0.05) is 171 Å². The molecule has 0 aliphatic carbocycles. The summed E-state index contributed by atoms with van der Waals surface area (Å²) in [6.45, 7) is 8.94. The van der Waals surface area contributed by atoms with Crippen molar-refractivity contribution in [3.63, 3.8) is 0 Å². The van der Waals surface area contributed by atoms with Crippen molar-refractivity contribution in [3.05, 3.63) is 185 Å². The van der Waals surface area contributed by atoms with Crippen LogP contribution in [0.1, 0.15) is 42.3 Å². The second kappa shape index (κ2) is 17.9. The number of carbonyl (C=O) groups is 1. The van der Waals surface area contributed by atoms with Crippen molar-refractivity contribution < 1.29 is 23.4 Å². The fourth-order valence-corrected chi connectivity index (χ4v) is 13.3. The topological polar surface area (TPSA) is 103 Å². The molecule has 0 bridgehead atoms. The third kappa shape index (κ3) is 9.02. The van der Waals surface area contributed by atoms with Gasteiger partial charge in [-0.15, -0.1) is 0 Å². The third-order valence-electron chi connectivity index (χ3n) is 10.5. The Balaban J connectivity index is 1.32. The van der Waals surface area contributed by atoms with Gasteiger partial charge in [0.15, 0.2) is 6.10 Å². The molecule has 1 fully saturated rings. The molecule has 10 heteroatoms. The number of ether oxygens (including phenoxy) is 3. The predicted molar refractivity (Wildman–Crippen MR) is 230 cm³/mol. The zero-order valence-electron chi connectivity index (χ0n) is 32.6. The van der Waals surface area contributed by atoms with Crippen LogP contribution in [0.5, 0.6) is 0 Å². The van der Waals surface area contributed by atoms with Crippen LogP contribution in [0, 0.1) is 6.92 Å². The average molecular weight is 794 g/mol. The van der Waals surface area contributed by atoms with Gasteiger partial charge in [0.1, 0.15) is 23.7 Å². The second-order valence-electron chi connectivity index (χ2n) is 15.3. The van der Waals surface area contributed by atoms with Crippen molar-refractivity contribution in [2.75, 3.05) is 6.61 Å². The molecule has 0 aromatic heterocycles. The number of carbonyl (C=O) groups excluding carboxylic acids is 1. The lowest BCUT2D eigenvalue weighted by Gasteiger charge is -2.47. The Labute approximate surface area is 339 Å². The van der Waals surface area contributed by atoms with Crippen molar-refractivity contribution in [3.8, 4) is 0 Å². The van der Waals surface area contributed by atoms with Crippen LogP contribution in [-0.2, 0) is 25.2 Å². The number of thioether (sulfide) groups is 1. The van der Waals surface area contributed by atoms with E-state index in [0.29, 0.717) is 5.56 Å². The first-order valence-corrected chi connectivity index (χ1v) is 22.0. The second-order valence-corrected chi connectivity index (χ2v) is 20.8. The van der Waals surface area contributed by atoms with Gasteiger partial charge in [-0.3, -0.25) is 0 Å². The van der Waals surface area contributed by atoms with E-state index in [9.17, 15) is 10.3 Å². The number of azide groups is 1. The quantitative estimate of drug-likeness (QED) is 0.0379. The van der Waals surface area contributed by atoms with E-state index >= 15 is 0 Å². The third-order valence-corrected chi connectivity index (χ3v) is 16.6. The predicted octanol–water partition coefficient (Wildman–Crippen LogP) is 10.0. The summed E-state index contributed by atoms with van der Waals surface area (Å²) in [6, 6.07) is 51.2. The first-order valence-electron chi connectivity index (χ1n) is 19.2. The normalized spacial score (nSPS) is 19.8. The van der Waals surface area contributed by atoms with Gasteiger partial charge in [0.2, 0.25) is 0 Å². The lowest BCUT2D eigenvalue weighted by Crippen LogP contribution is -2.68. The van der Waals surface area contributed by atoms with E-state index in [4.69, 9.17) is 18.6 Å². The van der Waals surface area contributed by atoms with Crippen molar-refractivity contribution >= 4 is 47.2 Å². The molecule has 0 N–H and O–H groups in total. The largest absolute Gasteiger partial charge is 0.453 e. The number of benzene rings is 6. The Bertz CT molecular complexity index is 2260. The fraction of sp³-hybridized carbons (Fsp3) is 0.255. The maximum atomic E-state index is 14.0. The van der Waals surface area contributed by atoms with Crippen molar-refractivity contribution in [2.45, 2.75) is 74.0 Å². The van der Waals surface area contributed by atoms with Gasteiger partial charge in [0.05, 0.1) is 18.8 Å². The Morgan fingerprint density at radius 1 is 0.772 bits per heavy atom. The van der Waals surface area contributed by atoms with Gasteiger partial charge in [0, 0.05) is 9.81 Å². The summed E-state index contributed by atoms with van der Waals surface area (Å²) in [7, 11) is -3.07. The monoisotopic (exact) mass is 793 g/mol. The van der Waals surface area contributed by atoms with Gasteiger partial charge in [-0.2, -0.15) is 0 Å². The van der Waals surface area contributed by atoms with Crippen LogP contribution in [0.15, 0.2) is 168 Å². The molecule has 0 amide bonds. The molecule has 1 saturated heterocycles. The summed E-state index contributed by atoms with van der Waals surface area (Å²) in [5, 5.41) is 8.41. The lowest BCUT2D eigenvalue weighted by molar-refractivity contribution is -0.185. The smallest absolute Gasteiger partial charge is 0.338 e. The summed E-state index contributed by atoms with van der Waals surface area (Å²) < 4.78 is 27.7. The van der Waals surface area contributed by atoms with Gasteiger partial charge >= 0.3 is 5.97 Å². The van der Waals surface area contributed by atoms with Gasteiger partial charge in [0.25, 0.3) is 8.32 Å². The van der Waals surface area contributed by atoms with Crippen LogP contribution >= 0.6 is 11.8 Å². The van der Waals surface area contributed by atoms with Crippen molar-refractivity contribution in [1.29, 1.82) is 0 Å². The van der Waals surface area contributed by atoms with E-state index in [1.54, 1.807) is 24.3 Å². The van der Waals surface area contributed by atoms with E-state index < -0.39 is 44.1 Å². The molecule has 0 saturated carbocycles. The molecule has 1 heterocycles. The van der Waals surface area contributed by atoms with Crippen molar-refractivity contribution in [1.82, 2.24) is 0 Å². The Morgan fingerprint density at radius 2 is 1.37 bits per heavy atom. The van der Waals surface area contributed by atoms with Gasteiger partial charge in [-0.25, -0.2) is 4.79 Å². The summed E-state index contributed by atoms with van der Waals surface area (Å²) in [4.78, 5) is 18.2. The van der Waals surface area contributed by atoms with Crippen LogP contribution < -0.4 is 10.4 Å².